The summed E-state index contributed by atoms with van der Waals surface area (Å²) in [6, 6.07) is 13.3. The monoisotopic (exact) mass is 274 g/mol. The first-order valence-corrected chi connectivity index (χ1v) is 6.44. The molecule has 0 fully saturated rings. The van der Waals surface area contributed by atoms with E-state index in [0.29, 0.717) is 10.6 Å². The summed E-state index contributed by atoms with van der Waals surface area (Å²) < 4.78 is 5.31. The number of esters is 1. The van der Waals surface area contributed by atoms with E-state index in [1.807, 2.05) is 56.3 Å². The molecular formula is C16H15ClO2. The summed E-state index contributed by atoms with van der Waals surface area (Å²) in [5, 5.41) is 0.470. The van der Waals surface area contributed by atoms with E-state index in [1.165, 1.54) is 0 Å². The maximum Gasteiger partial charge on any atom is 0.340 e. The van der Waals surface area contributed by atoms with Crippen LogP contribution in [0.25, 0.3) is 0 Å². The zero-order valence-electron chi connectivity index (χ0n) is 10.9. The van der Waals surface area contributed by atoms with E-state index < -0.39 is 0 Å². The third kappa shape index (κ3) is 3.15. The van der Waals surface area contributed by atoms with E-state index in [9.17, 15) is 4.79 Å². The van der Waals surface area contributed by atoms with Crippen LogP contribution in [0.5, 0.6) is 0 Å². The van der Waals surface area contributed by atoms with Crippen LogP contribution in [-0.4, -0.2) is 5.97 Å². The molecule has 0 atom stereocenters. The fourth-order valence-electron chi connectivity index (χ4n) is 1.82. The number of ether oxygens (including phenoxy) is 1. The van der Waals surface area contributed by atoms with Crippen LogP contribution in [-0.2, 0) is 11.3 Å². The van der Waals surface area contributed by atoms with Gasteiger partial charge in [0.15, 0.2) is 0 Å². The van der Waals surface area contributed by atoms with Crippen molar-refractivity contribution < 1.29 is 9.53 Å². The maximum absolute atomic E-state index is 12.1. The molecule has 0 aliphatic carbocycles. The van der Waals surface area contributed by atoms with Gasteiger partial charge in [0.2, 0.25) is 0 Å². The lowest BCUT2D eigenvalue weighted by Crippen LogP contribution is -2.08. The fraction of sp³-hybridized carbons (Fsp3) is 0.188. The first-order valence-electron chi connectivity index (χ1n) is 6.06. The molecule has 0 saturated heterocycles. The average Bonchev–Trinajstić information content (AvgIpc) is 2.42. The quantitative estimate of drug-likeness (QED) is 0.780. The number of carbonyl (C=O) groups is 1. The molecule has 0 amide bonds. The molecule has 2 rings (SSSR count). The van der Waals surface area contributed by atoms with Gasteiger partial charge in [0.05, 0.1) is 10.6 Å². The van der Waals surface area contributed by atoms with Gasteiger partial charge >= 0.3 is 5.97 Å². The van der Waals surface area contributed by atoms with Crippen molar-refractivity contribution in [2.75, 3.05) is 0 Å². The van der Waals surface area contributed by atoms with Gasteiger partial charge < -0.3 is 4.74 Å². The highest BCUT2D eigenvalue weighted by Crippen LogP contribution is 2.24. The summed E-state index contributed by atoms with van der Waals surface area (Å²) in [5.74, 6) is -0.380. The number of halogens is 1. The van der Waals surface area contributed by atoms with Gasteiger partial charge in [0.1, 0.15) is 6.61 Å². The molecule has 2 nitrogen and oxygen atoms in total. The van der Waals surface area contributed by atoms with E-state index in [0.717, 1.165) is 16.7 Å². The zero-order chi connectivity index (χ0) is 13.8. The van der Waals surface area contributed by atoms with Crippen molar-refractivity contribution in [2.24, 2.45) is 0 Å². The van der Waals surface area contributed by atoms with Gasteiger partial charge in [-0.3, -0.25) is 0 Å². The highest BCUT2D eigenvalue weighted by atomic mass is 35.5. The molecule has 3 heteroatoms. The second-order valence-corrected chi connectivity index (χ2v) is 4.83. The van der Waals surface area contributed by atoms with Gasteiger partial charge in [-0.25, -0.2) is 4.79 Å². The van der Waals surface area contributed by atoms with E-state index in [4.69, 9.17) is 16.3 Å². The largest absolute Gasteiger partial charge is 0.457 e. The molecule has 0 spiro atoms. The molecule has 2 aromatic carbocycles. The summed E-state index contributed by atoms with van der Waals surface area (Å²) in [4.78, 5) is 12.1. The Hall–Kier alpha value is -1.80. The van der Waals surface area contributed by atoms with Crippen LogP contribution in [0, 0.1) is 13.8 Å². The van der Waals surface area contributed by atoms with Crippen LogP contribution in [0.15, 0.2) is 42.5 Å². The molecular weight excluding hydrogens is 260 g/mol. The van der Waals surface area contributed by atoms with E-state index in [-0.39, 0.29) is 12.6 Å². The number of hydrogen-bond donors (Lipinski definition) is 0. The van der Waals surface area contributed by atoms with Crippen molar-refractivity contribution in [3.8, 4) is 0 Å². The number of hydrogen-bond acceptors (Lipinski definition) is 2. The maximum atomic E-state index is 12.1. The van der Waals surface area contributed by atoms with Crippen molar-refractivity contribution in [3.05, 3.63) is 69.7 Å². The van der Waals surface area contributed by atoms with E-state index >= 15 is 0 Å². The lowest BCUT2D eigenvalue weighted by atomic mass is 10.1. The zero-order valence-corrected chi connectivity index (χ0v) is 11.7. The van der Waals surface area contributed by atoms with Crippen molar-refractivity contribution in [3.63, 3.8) is 0 Å². The second kappa shape index (κ2) is 5.89. The number of rotatable bonds is 3. The Bertz CT molecular complexity index is 591. The van der Waals surface area contributed by atoms with E-state index in [2.05, 4.69) is 0 Å². The number of aryl methyl sites for hydroxylation is 2. The van der Waals surface area contributed by atoms with Gasteiger partial charge in [-0.1, -0.05) is 54.1 Å². The lowest BCUT2D eigenvalue weighted by molar-refractivity contribution is 0.0472. The van der Waals surface area contributed by atoms with Crippen LogP contribution < -0.4 is 0 Å². The smallest absolute Gasteiger partial charge is 0.340 e. The van der Waals surface area contributed by atoms with Crippen LogP contribution in [0.3, 0.4) is 0 Å². The minimum absolute atomic E-state index is 0.253. The van der Waals surface area contributed by atoms with Crippen LogP contribution >= 0.6 is 11.6 Å². The lowest BCUT2D eigenvalue weighted by Gasteiger charge is -2.10. The van der Waals surface area contributed by atoms with Gasteiger partial charge in [-0.2, -0.15) is 0 Å². The highest BCUT2D eigenvalue weighted by Gasteiger charge is 2.16. The summed E-state index contributed by atoms with van der Waals surface area (Å²) in [5.41, 5.74) is 3.11. The molecule has 0 unspecified atom stereocenters. The third-order valence-electron chi connectivity index (χ3n) is 2.96. The molecule has 2 aromatic rings. The van der Waals surface area contributed by atoms with Gasteiger partial charge in [0, 0.05) is 0 Å². The SMILES string of the molecule is Cc1ccc(C)c(C(=O)OCc2ccccc2)c1Cl. The summed E-state index contributed by atoms with van der Waals surface area (Å²) in [6.45, 7) is 3.98. The molecule has 19 heavy (non-hydrogen) atoms. The summed E-state index contributed by atoms with van der Waals surface area (Å²) in [7, 11) is 0. The van der Waals surface area contributed by atoms with Crippen molar-refractivity contribution in [2.45, 2.75) is 20.5 Å². The molecule has 0 aromatic heterocycles. The molecule has 0 aliphatic heterocycles. The Morgan fingerprint density at radius 2 is 1.68 bits per heavy atom. The first-order chi connectivity index (χ1) is 9.09. The van der Waals surface area contributed by atoms with E-state index in [1.54, 1.807) is 0 Å². The highest BCUT2D eigenvalue weighted by molar-refractivity contribution is 6.34. The van der Waals surface area contributed by atoms with Crippen LogP contribution in [0.2, 0.25) is 5.02 Å². The van der Waals surface area contributed by atoms with Gasteiger partial charge in [0.25, 0.3) is 0 Å². The Kier molecular flexibility index (Phi) is 4.23. The molecule has 0 saturated carbocycles. The predicted octanol–water partition coefficient (Wildman–Crippen LogP) is 4.31. The number of carbonyl (C=O) groups excluding carboxylic acids is 1. The molecule has 0 bridgehead atoms. The Balaban J connectivity index is 2.15. The third-order valence-corrected chi connectivity index (χ3v) is 3.45. The van der Waals surface area contributed by atoms with Gasteiger partial charge in [-0.05, 0) is 30.5 Å². The average molecular weight is 275 g/mol. The number of benzene rings is 2. The second-order valence-electron chi connectivity index (χ2n) is 4.45. The minimum Gasteiger partial charge on any atom is -0.457 e. The molecule has 0 N–H and O–H groups in total. The van der Waals surface area contributed by atoms with Gasteiger partial charge in [-0.15, -0.1) is 0 Å². The standard InChI is InChI=1S/C16H15ClO2/c1-11-8-9-12(2)15(17)14(11)16(18)19-10-13-6-4-3-5-7-13/h3-9H,10H2,1-2H3. The topological polar surface area (TPSA) is 26.3 Å². The fourth-order valence-corrected chi connectivity index (χ4v) is 2.11. The molecule has 0 aliphatic rings. The molecule has 0 heterocycles. The minimum atomic E-state index is -0.380. The van der Waals surface area contributed by atoms with Crippen molar-refractivity contribution in [1.29, 1.82) is 0 Å². The van der Waals surface area contributed by atoms with Crippen LogP contribution in [0.1, 0.15) is 27.0 Å². The van der Waals surface area contributed by atoms with Crippen LogP contribution in [0.4, 0.5) is 0 Å². The first kappa shape index (κ1) is 13.6. The Morgan fingerprint density at radius 3 is 2.37 bits per heavy atom. The molecule has 98 valence electrons. The predicted molar refractivity (Wildman–Crippen MR) is 76.5 cm³/mol. The Labute approximate surface area is 118 Å². The normalized spacial score (nSPS) is 10.3. The summed E-state index contributed by atoms with van der Waals surface area (Å²) in [6.07, 6.45) is 0. The van der Waals surface area contributed by atoms with Crippen molar-refractivity contribution >= 4 is 17.6 Å². The van der Waals surface area contributed by atoms with Crippen molar-refractivity contribution in [1.82, 2.24) is 0 Å². The summed E-state index contributed by atoms with van der Waals surface area (Å²) >= 11 is 6.17. The Morgan fingerprint density at radius 1 is 1.05 bits per heavy atom. The molecule has 0 radical (unpaired) electrons.